The lowest BCUT2D eigenvalue weighted by Crippen LogP contribution is -2.30. The molecule has 0 saturated carbocycles. The summed E-state index contributed by atoms with van der Waals surface area (Å²) in [6.07, 6.45) is 0.717. The molecular weight excluding hydrogens is 230 g/mol. The number of carbonyl (C=O) groups excluding carboxylic acids is 1. The number of hydrogen-bond acceptors (Lipinski definition) is 4. The maximum Gasteiger partial charge on any atom is 0.230 e. The highest BCUT2D eigenvalue weighted by atomic mass is 16.3. The Morgan fingerprint density at radius 1 is 1.50 bits per heavy atom. The molecule has 0 radical (unpaired) electrons. The van der Waals surface area contributed by atoms with Crippen LogP contribution in [0, 0.1) is 18.8 Å². The van der Waals surface area contributed by atoms with Gasteiger partial charge >= 0.3 is 0 Å². The summed E-state index contributed by atoms with van der Waals surface area (Å²) < 4.78 is 0. The van der Waals surface area contributed by atoms with E-state index in [0.29, 0.717) is 5.92 Å². The van der Waals surface area contributed by atoms with Gasteiger partial charge in [0.15, 0.2) is 11.6 Å². The summed E-state index contributed by atoms with van der Waals surface area (Å²) in [5.74, 6) is 0.103. The third-order valence-electron chi connectivity index (χ3n) is 2.67. The van der Waals surface area contributed by atoms with Gasteiger partial charge in [0.1, 0.15) is 0 Å². The summed E-state index contributed by atoms with van der Waals surface area (Å²) >= 11 is 0. The van der Waals surface area contributed by atoms with Crippen LogP contribution in [0.5, 0.6) is 5.75 Å². The lowest BCUT2D eigenvalue weighted by molar-refractivity contribution is -0.120. The van der Waals surface area contributed by atoms with E-state index in [-0.39, 0.29) is 29.9 Å². The van der Waals surface area contributed by atoms with Gasteiger partial charge in [-0.05, 0) is 31.4 Å². The second-order valence-corrected chi connectivity index (χ2v) is 4.87. The minimum absolute atomic E-state index is 0.0331. The Labute approximate surface area is 107 Å². The zero-order valence-electron chi connectivity index (χ0n) is 11.1. The highest BCUT2D eigenvalue weighted by Gasteiger charge is 2.19. The molecule has 1 aromatic rings. The van der Waals surface area contributed by atoms with Crippen molar-refractivity contribution in [3.63, 3.8) is 0 Å². The number of aromatic hydroxyl groups is 1. The molecule has 0 aliphatic rings. The van der Waals surface area contributed by atoms with Gasteiger partial charge in [0, 0.05) is 12.2 Å². The Bertz CT molecular complexity index is 419. The molecule has 1 heterocycles. The Morgan fingerprint density at radius 2 is 2.17 bits per heavy atom. The predicted octanol–water partition coefficient (Wildman–Crippen LogP) is 1.66. The molecule has 1 atom stereocenters. The topological polar surface area (TPSA) is 88.2 Å². The van der Waals surface area contributed by atoms with Gasteiger partial charge < -0.3 is 16.2 Å². The van der Waals surface area contributed by atoms with Crippen LogP contribution < -0.4 is 11.1 Å². The normalized spacial score (nSPS) is 12.5. The number of pyridine rings is 1. The van der Waals surface area contributed by atoms with Crippen molar-refractivity contribution < 1.29 is 9.90 Å². The van der Waals surface area contributed by atoms with E-state index in [9.17, 15) is 9.90 Å². The van der Waals surface area contributed by atoms with Crippen molar-refractivity contribution in [3.05, 3.63) is 17.8 Å². The van der Waals surface area contributed by atoms with E-state index in [0.717, 1.165) is 12.1 Å². The number of anilines is 1. The van der Waals surface area contributed by atoms with Crippen LogP contribution in [-0.4, -0.2) is 22.5 Å². The Kier molecular flexibility index (Phi) is 5.09. The number of amides is 1. The van der Waals surface area contributed by atoms with Crippen molar-refractivity contribution in [2.75, 3.05) is 11.9 Å². The van der Waals surface area contributed by atoms with Crippen LogP contribution in [0.25, 0.3) is 0 Å². The fourth-order valence-electron chi connectivity index (χ4n) is 1.74. The van der Waals surface area contributed by atoms with Gasteiger partial charge in [0.2, 0.25) is 5.91 Å². The SMILES string of the molecule is Cc1ccc(O)c(NC(=O)C(CN)CC(C)C)n1. The maximum atomic E-state index is 12.0. The summed E-state index contributed by atoms with van der Waals surface area (Å²) in [6.45, 7) is 6.16. The van der Waals surface area contributed by atoms with Crippen molar-refractivity contribution in [2.24, 2.45) is 17.6 Å². The molecule has 4 N–H and O–H groups in total. The first-order valence-electron chi connectivity index (χ1n) is 6.11. The van der Waals surface area contributed by atoms with E-state index in [1.807, 2.05) is 13.8 Å². The molecule has 0 aliphatic carbocycles. The molecule has 0 aromatic carbocycles. The number of carbonyl (C=O) groups is 1. The molecule has 5 nitrogen and oxygen atoms in total. The van der Waals surface area contributed by atoms with E-state index in [2.05, 4.69) is 10.3 Å². The number of nitrogens with one attached hydrogen (secondary N) is 1. The van der Waals surface area contributed by atoms with Crippen LogP contribution in [0.15, 0.2) is 12.1 Å². The van der Waals surface area contributed by atoms with Gasteiger partial charge in [-0.2, -0.15) is 0 Å². The molecule has 1 unspecified atom stereocenters. The highest BCUT2D eigenvalue weighted by molar-refractivity contribution is 5.93. The molecule has 1 rings (SSSR count). The van der Waals surface area contributed by atoms with Crippen LogP contribution in [-0.2, 0) is 4.79 Å². The lowest BCUT2D eigenvalue weighted by Gasteiger charge is -2.16. The molecule has 0 fully saturated rings. The average molecular weight is 251 g/mol. The molecule has 5 heteroatoms. The lowest BCUT2D eigenvalue weighted by atomic mass is 9.96. The van der Waals surface area contributed by atoms with Crippen LogP contribution >= 0.6 is 0 Å². The maximum absolute atomic E-state index is 12.0. The Hall–Kier alpha value is -1.62. The standard InChI is InChI=1S/C13H21N3O2/c1-8(2)6-10(7-14)13(18)16-12-11(17)5-4-9(3)15-12/h4-5,8,10,17H,6-7,14H2,1-3H3,(H,15,16,18). The van der Waals surface area contributed by atoms with E-state index in [4.69, 9.17) is 5.73 Å². The first-order chi connectivity index (χ1) is 8.43. The summed E-state index contributed by atoms with van der Waals surface area (Å²) in [7, 11) is 0. The first kappa shape index (κ1) is 14.4. The monoisotopic (exact) mass is 251 g/mol. The van der Waals surface area contributed by atoms with Crippen molar-refractivity contribution in [3.8, 4) is 5.75 Å². The summed E-state index contributed by atoms with van der Waals surface area (Å²) in [5.41, 5.74) is 6.33. The fraction of sp³-hybridized carbons (Fsp3) is 0.538. The van der Waals surface area contributed by atoms with E-state index in [1.165, 1.54) is 6.07 Å². The first-order valence-corrected chi connectivity index (χ1v) is 6.11. The number of rotatable bonds is 5. The molecule has 1 aromatic heterocycles. The van der Waals surface area contributed by atoms with Gasteiger partial charge in [-0.1, -0.05) is 13.8 Å². The van der Waals surface area contributed by atoms with Gasteiger partial charge in [-0.25, -0.2) is 4.98 Å². The molecule has 0 bridgehead atoms. The van der Waals surface area contributed by atoms with Gasteiger partial charge in [0.25, 0.3) is 0 Å². The smallest absolute Gasteiger partial charge is 0.230 e. The van der Waals surface area contributed by atoms with E-state index >= 15 is 0 Å². The number of aromatic nitrogens is 1. The van der Waals surface area contributed by atoms with Crippen molar-refractivity contribution in [1.29, 1.82) is 0 Å². The molecule has 1 amide bonds. The molecule has 0 saturated heterocycles. The average Bonchev–Trinajstić information content (AvgIpc) is 2.30. The number of nitrogens with two attached hydrogens (primary N) is 1. The number of nitrogens with zero attached hydrogens (tertiary/aromatic N) is 1. The van der Waals surface area contributed by atoms with Gasteiger partial charge in [-0.15, -0.1) is 0 Å². The Morgan fingerprint density at radius 3 is 2.72 bits per heavy atom. The highest BCUT2D eigenvalue weighted by Crippen LogP contribution is 2.21. The molecular formula is C13H21N3O2. The molecule has 0 spiro atoms. The summed E-state index contributed by atoms with van der Waals surface area (Å²) in [5, 5.41) is 12.2. The van der Waals surface area contributed by atoms with Crippen LogP contribution in [0.2, 0.25) is 0 Å². The van der Waals surface area contributed by atoms with Gasteiger partial charge in [0.05, 0.1) is 5.92 Å². The van der Waals surface area contributed by atoms with Crippen molar-refractivity contribution in [1.82, 2.24) is 4.98 Å². The van der Waals surface area contributed by atoms with Crippen molar-refractivity contribution in [2.45, 2.75) is 27.2 Å². The quantitative estimate of drug-likeness (QED) is 0.742. The zero-order valence-corrected chi connectivity index (χ0v) is 11.1. The third kappa shape index (κ3) is 4.00. The van der Waals surface area contributed by atoms with E-state index in [1.54, 1.807) is 13.0 Å². The van der Waals surface area contributed by atoms with Crippen LogP contribution in [0.4, 0.5) is 5.82 Å². The van der Waals surface area contributed by atoms with Crippen LogP contribution in [0.1, 0.15) is 26.0 Å². The zero-order chi connectivity index (χ0) is 13.7. The van der Waals surface area contributed by atoms with Crippen LogP contribution in [0.3, 0.4) is 0 Å². The third-order valence-corrected chi connectivity index (χ3v) is 2.67. The summed E-state index contributed by atoms with van der Waals surface area (Å²) in [4.78, 5) is 16.1. The second kappa shape index (κ2) is 6.35. The summed E-state index contributed by atoms with van der Waals surface area (Å²) in [6, 6.07) is 3.19. The van der Waals surface area contributed by atoms with Crippen molar-refractivity contribution >= 4 is 11.7 Å². The molecule has 0 aliphatic heterocycles. The second-order valence-electron chi connectivity index (χ2n) is 4.87. The predicted molar refractivity (Wildman–Crippen MR) is 71.3 cm³/mol. The van der Waals surface area contributed by atoms with E-state index < -0.39 is 0 Å². The number of hydrogen-bond donors (Lipinski definition) is 3. The fourth-order valence-corrected chi connectivity index (χ4v) is 1.74. The van der Waals surface area contributed by atoms with Gasteiger partial charge in [-0.3, -0.25) is 4.79 Å². The molecule has 18 heavy (non-hydrogen) atoms. The minimum atomic E-state index is -0.258. The number of aryl methyl sites for hydroxylation is 1. The largest absolute Gasteiger partial charge is 0.504 e. The minimum Gasteiger partial charge on any atom is -0.504 e. The Balaban J connectivity index is 2.76. The molecule has 100 valence electrons.